The highest BCUT2D eigenvalue weighted by molar-refractivity contribution is 7.90. The van der Waals surface area contributed by atoms with Crippen molar-refractivity contribution >= 4 is 39.3 Å². The average Bonchev–Trinajstić information content (AvgIpc) is 3.21. The smallest absolute Gasteiger partial charge is 0.410 e. The molecule has 2 amide bonds. The molecule has 0 unspecified atom stereocenters. The predicted molar refractivity (Wildman–Crippen MR) is 181 cm³/mol. The first kappa shape index (κ1) is 34.0. The van der Waals surface area contributed by atoms with E-state index in [1.54, 1.807) is 23.1 Å². The molecule has 49 heavy (non-hydrogen) atoms. The molecule has 1 saturated carbocycles. The maximum atomic E-state index is 13.6. The second kappa shape index (κ2) is 13.3. The van der Waals surface area contributed by atoms with E-state index in [4.69, 9.17) is 35.3 Å². The number of benzene rings is 2. The number of ether oxygens (including phenoxy) is 5. The molecule has 264 valence electrons. The molecule has 2 fully saturated rings. The van der Waals surface area contributed by atoms with Crippen molar-refractivity contribution in [2.24, 2.45) is 11.8 Å². The van der Waals surface area contributed by atoms with Crippen molar-refractivity contribution in [3.8, 4) is 11.5 Å². The molecule has 5 aliphatic rings. The van der Waals surface area contributed by atoms with Crippen LogP contribution in [-0.4, -0.2) is 96.2 Å². The van der Waals surface area contributed by atoms with Gasteiger partial charge in [0.1, 0.15) is 23.2 Å². The molecular formula is C35H42ClN3O9S. The van der Waals surface area contributed by atoms with Crippen molar-refractivity contribution < 1.29 is 41.7 Å². The minimum atomic E-state index is -4.26. The third-order valence-electron chi connectivity index (χ3n) is 10.4. The number of carbonyl (C=O) groups is 2. The normalized spacial score (nSPS) is 29.9. The highest BCUT2D eigenvalue weighted by Crippen LogP contribution is 2.48. The highest BCUT2D eigenvalue weighted by atomic mass is 35.5. The lowest BCUT2D eigenvalue weighted by atomic mass is 9.69. The summed E-state index contributed by atoms with van der Waals surface area (Å²) >= 11 is 6.35. The summed E-state index contributed by atoms with van der Waals surface area (Å²) in [6.07, 6.45) is 5.08. The lowest BCUT2D eigenvalue weighted by molar-refractivity contribution is -0.139. The van der Waals surface area contributed by atoms with Crippen molar-refractivity contribution in [3.63, 3.8) is 0 Å². The first-order valence-electron chi connectivity index (χ1n) is 16.8. The van der Waals surface area contributed by atoms with Gasteiger partial charge in [-0.2, -0.15) is 0 Å². The number of amides is 2. The Morgan fingerprint density at radius 2 is 1.86 bits per heavy atom. The molecule has 2 aromatic carbocycles. The van der Waals surface area contributed by atoms with Crippen LogP contribution in [0.1, 0.15) is 38.7 Å². The Balaban J connectivity index is 1.28. The lowest BCUT2D eigenvalue weighted by Gasteiger charge is -2.46. The number of fused-ring (bicyclic) bond motifs is 4. The van der Waals surface area contributed by atoms with Gasteiger partial charge in [0.05, 0.1) is 49.0 Å². The van der Waals surface area contributed by atoms with Crippen LogP contribution < -0.4 is 19.1 Å². The van der Waals surface area contributed by atoms with Gasteiger partial charge in [-0.25, -0.2) is 17.9 Å². The van der Waals surface area contributed by atoms with E-state index >= 15 is 0 Å². The predicted octanol–water partition coefficient (Wildman–Crippen LogP) is 4.29. The second-order valence-corrected chi connectivity index (χ2v) is 16.1. The average molecular weight is 716 g/mol. The first-order chi connectivity index (χ1) is 23.4. The summed E-state index contributed by atoms with van der Waals surface area (Å²) < 4.78 is 59.4. The van der Waals surface area contributed by atoms with Crippen molar-refractivity contribution in [1.29, 1.82) is 0 Å². The van der Waals surface area contributed by atoms with Gasteiger partial charge in [-0.1, -0.05) is 23.7 Å². The zero-order chi connectivity index (χ0) is 34.4. The van der Waals surface area contributed by atoms with Gasteiger partial charge in [-0.3, -0.25) is 4.79 Å². The zero-order valence-corrected chi connectivity index (χ0v) is 29.3. The Hall–Kier alpha value is -3.52. The minimum Gasteiger partial charge on any atom is -0.493 e. The van der Waals surface area contributed by atoms with E-state index in [9.17, 15) is 18.0 Å². The molecule has 1 saturated heterocycles. The fourth-order valence-corrected chi connectivity index (χ4v) is 8.61. The Morgan fingerprint density at radius 1 is 1.04 bits per heavy atom. The number of nitrogens with zero attached hydrogens (tertiary/aromatic N) is 2. The quantitative estimate of drug-likeness (QED) is 0.427. The van der Waals surface area contributed by atoms with Crippen molar-refractivity contribution in [2.45, 2.75) is 55.1 Å². The number of anilines is 1. The maximum Gasteiger partial charge on any atom is 0.410 e. The third kappa shape index (κ3) is 6.82. The standard InChI is InChI=1S/C35H42ClN3O9S/c1-34(2)32(40)37-49(42,43)25-7-10-30-28(19-25)39(21-35(22-46-30)11-15-45-31-18-24(36)6-9-27(31)35)20-23-5-8-26(23)29(4-3-14-47-34)48-33(41)38-12-16-44-17-13-38/h3-4,6-7,9-10,18-19,23,26,29H,5,8,11-17,20-22H2,1-2H3,(H,37,40)/b4-3-/t23-,26+,29-,35-/m0/s1. The topological polar surface area (TPSA) is 133 Å². The van der Waals surface area contributed by atoms with Crippen molar-refractivity contribution in [1.82, 2.24) is 9.62 Å². The molecule has 1 spiro atoms. The summed E-state index contributed by atoms with van der Waals surface area (Å²) in [5.74, 6) is 0.564. The van der Waals surface area contributed by atoms with Crippen LogP contribution in [0.25, 0.3) is 0 Å². The number of nitrogens with one attached hydrogen (secondary N) is 1. The number of sulfonamides is 1. The number of carbonyl (C=O) groups excluding carboxylic acids is 2. The van der Waals surface area contributed by atoms with Crippen LogP contribution in [0.4, 0.5) is 10.5 Å². The second-order valence-electron chi connectivity index (χ2n) is 14.0. The van der Waals surface area contributed by atoms with Crippen LogP contribution in [0.3, 0.4) is 0 Å². The van der Waals surface area contributed by atoms with E-state index in [1.807, 2.05) is 24.3 Å². The van der Waals surface area contributed by atoms with Crippen LogP contribution in [-0.2, 0) is 34.4 Å². The van der Waals surface area contributed by atoms with Crippen LogP contribution in [0, 0.1) is 11.8 Å². The van der Waals surface area contributed by atoms with Gasteiger partial charge in [-0.15, -0.1) is 0 Å². The summed E-state index contributed by atoms with van der Waals surface area (Å²) in [4.78, 5) is 30.4. The van der Waals surface area contributed by atoms with Gasteiger partial charge in [0.15, 0.2) is 0 Å². The van der Waals surface area contributed by atoms with Crippen LogP contribution in [0.2, 0.25) is 5.02 Å². The molecule has 1 N–H and O–H groups in total. The Morgan fingerprint density at radius 3 is 2.63 bits per heavy atom. The molecule has 0 radical (unpaired) electrons. The van der Waals surface area contributed by atoms with Crippen LogP contribution >= 0.6 is 11.6 Å². The van der Waals surface area contributed by atoms with E-state index in [0.717, 1.165) is 18.4 Å². The van der Waals surface area contributed by atoms with E-state index in [1.165, 1.54) is 19.9 Å². The van der Waals surface area contributed by atoms with E-state index < -0.39 is 39.1 Å². The van der Waals surface area contributed by atoms with Gasteiger partial charge in [0, 0.05) is 42.7 Å². The summed E-state index contributed by atoms with van der Waals surface area (Å²) in [5.41, 5.74) is -0.357. The van der Waals surface area contributed by atoms with E-state index in [0.29, 0.717) is 81.2 Å². The molecule has 2 aromatic rings. The first-order valence-corrected chi connectivity index (χ1v) is 18.7. The Labute approximate surface area is 291 Å². The molecule has 4 heterocycles. The summed E-state index contributed by atoms with van der Waals surface area (Å²) in [6, 6.07) is 10.3. The molecule has 12 nitrogen and oxygen atoms in total. The number of rotatable bonds is 1. The summed E-state index contributed by atoms with van der Waals surface area (Å²) in [5, 5.41) is 0.576. The number of morpholine rings is 1. The van der Waals surface area contributed by atoms with Crippen LogP contribution in [0.5, 0.6) is 11.5 Å². The van der Waals surface area contributed by atoms with Crippen molar-refractivity contribution in [3.05, 3.63) is 59.1 Å². The zero-order valence-electron chi connectivity index (χ0n) is 27.7. The molecule has 4 aliphatic heterocycles. The summed E-state index contributed by atoms with van der Waals surface area (Å²) in [6.45, 7) is 6.78. The van der Waals surface area contributed by atoms with Crippen molar-refractivity contribution in [2.75, 3.05) is 64.1 Å². The molecule has 7 rings (SSSR count). The van der Waals surface area contributed by atoms with Gasteiger partial charge in [0.2, 0.25) is 0 Å². The van der Waals surface area contributed by atoms with E-state index in [-0.39, 0.29) is 23.3 Å². The monoisotopic (exact) mass is 715 g/mol. The molecule has 2 bridgehead atoms. The van der Waals surface area contributed by atoms with E-state index in [2.05, 4.69) is 9.62 Å². The molecule has 1 aliphatic carbocycles. The van der Waals surface area contributed by atoms with Gasteiger partial charge in [0.25, 0.3) is 15.9 Å². The molecule has 14 heteroatoms. The molecular weight excluding hydrogens is 674 g/mol. The third-order valence-corrected chi connectivity index (χ3v) is 12.0. The van der Waals surface area contributed by atoms with Gasteiger partial charge in [-0.05, 0) is 75.4 Å². The largest absolute Gasteiger partial charge is 0.493 e. The fraction of sp³-hybridized carbons (Fsp3) is 0.543. The molecule has 0 aromatic heterocycles. The molecule has 4 atom stereocenters. The summed E-state index contributed by atoms with van der Waals surface area (Å²) in [7, 11) is -4.26. The highest BCUT2D eigenvalue weighted by Gasteiger charge is 2.46. The Bertz CT molecular complexity index is 1750. The fourth-order valence-electron chi connectivity index (χ4n) is 7.33. The minimum absolute atomic E-state index is 0.00160. The Kier molecular flexibility index (Phi) is 9.22. The lowest BCUT2D eigenvalue weighted by Crippen LogP contribution is -2.51. The van der Waals surface area contributed by atoms with Gasteiger partial charge < -0.3 is 33.5 Å². The SMILES string of the molecule is CC1(C)OC/C=C\[C@H](OC(=O)N2CCOCC2)[C@@H]2CC[C@H]2CN2C[C@@]3(CCOc4cc(Cl)ccc43)COc3ccc(cc32)S(=O)(=O)NC1=O. The van der Waals surface area contributed by atoms with Crippen LogP contribution in [0.15, 0.2) is 53.4 Å². The maximum absolute atomic E-state index is 13.6. The number of halogens is 1. The number of hydrogen-bond donors (Lipinski definition) is 1. The number of hydrogen-bond acceptors (Lipinski definition) is 10. The van der Waals surface area contributed by atoms with Gasteiger partial charge >= 0.3 is 6.09 Å².